The first-order valence-corrected chi connectivity index (χ1v) is 29.9. The zero-order valence-corrected chi connectivity index (χ0v) is 49.7. The molecule has 6 bridgehead atoms. The van der Waals surface area contributed by atoms with Crippen molar-refractivity contribution in [2.24, 2.45) is 0 Å². The molecule has 0 spiro atoms. The summed E-state index contributed by atoms with van der Waals surface area (Å²) in [5, 5.41) is 0. The first kappa shape index (κ1) is 50.4. The number of hydrogen-bond donors (Lipinski definition) is 0. The minimum atomic E-state index is -0.209. The van der Waals surface area contributed by atoms with Gasteiger partial charge in [-0.3, -0.25) is 0 Å². The maximum absolute atomic E-state index is 2.87. The van der Waals surface area contributed by atoms with E-state index in [1.165, 1.54) is 142 Å². The number of fused-ring (bicyclic) bond motifs is 7. The number of anilines is 8. The lowest BCUT2D eigenvalue weighted by atomic mass is 9.33. The highest BCUT2D eigenvalue weighted by Gasteiger charge is 2.59. The minimum Gasteiger partial charge on any atom is -0.334 e. The van der Waals surface area contributed by atoms with Crippen LogP contribution in [0.1, 0.15) is 174 Å². The smallest absolute Gasteiger partial charge is 0.252 e. The summed E-state index contributed by atoms with van der Waals surface area (Å²) in [6, 6.07) is 63.4. The van der Waals surface area contributed by atoms with Gasteiger partial charge in [0.15, 0.2) is 0 Å². The molecule has 0 amide bonds. The van der Waals surface area contributed by atoms with Crippen LogP contribution in [-0.4, -0.2) is 12.3 Å². The normalized spacial score (nSPS) is 22.2. The molecular weight excluding hydrogens is 954 g/mol. The Morgan fingerprint density at radius 3 is 1.53 bits per heavy atom. The molecule has 0 N–H and O–H groups in total. The van der Waals surface area contributed by atoms with Crippen LogP contribution in [0.25, 0.3) is 22.3 Å². The van der Waals surface area contributed by atoms with Gasteiger partial charge in [0.25, 0.3) is 6.71 Å². The first-order chi connectivity index (χ1) is 37.4. The number of hydrogen-bond acceptors (Lipinski definition) is 3. The summed E-state index contributed by atoms with van der Waals surface area (Å²) in [5.41, 5.74) is 28.8. The second-order valence-electron chi connectivity index (χ2n) is 29.3. The summed E-state index contributed by atoms with van der Waals surface area (Å²) < 4.78 is 0. The lowest BCUT2D eigenvalue weighted by Crippen LogP contribution is -2.62. The highest BCUT2D eigenvalue weighted by atomic mass is 15.3. The predicted molar refractivity (Wildman–Crippen MR) is 339 cm³/mol. The molecule has 3 nitrogen and oxygen atoms in total. The lowest BCUT2D eigenvalue weighted by molar-refractivity contribution is 0.195. The van der Waals surface area contributed by atoms with Crippen molar-refractivity contribution >= 4 is 68.6 Å². The molecule has 6 aliphatic rings. The highest BCUT2D eigenvalue weighted by Crippen LogP contribution is 2.63. The molecule has 4 heterocycles. The minimum absolute atomic E-state index is 0.0134. The fourth-order valence-electron chi connectivity index (χ4n) is 15.9. The summed E-state index contributed by atoms with van der Waals surface area (Å²) in [7, 11) is 0. The molecule has 398 valence electrons. The summed E-state index contributed by atoms with van der Waals surface area (Å²) in [6.07, 6.45) is 7.07. The van der Waals surface area contributed by atoms with Crippen LogP contribution in [0.3, 0.4) is 0 Å². The van der Waals surface area contributed by atoms with Crippen LogP contribution in [0.2, 0.25) is 0 Å². The van der Waals surface area contributed by atoms with Crippen LogP contribution in [0.5, 0.6) is 0 Å². The van der Waals surface area contributed by atoms with Gasteiger partial charge in [0.05, 0.1) is 16.9 Å². The van der Waals surface area contributed by atoms with E-state index in [1.54, 1.807) is 0 Å². The molecule has 1 fully saturated rings. The number of benzene rings is 8. The third-order valence-corrected chi connectivity index (χ3v) is 21.0. The van der Waals surface area contributed by atoms with Crippen LogP contribution < -0.4 is 31.1 Å². The molecule has 0 aromatic heterocycles. The molecule has 0 radical (unpaired) electrons. The lowest BCUT2D eigenvalue weighted by Gasteiger charge is -2.51. The van der Waals surface area contributed by atoms with Crippen molar-refractivity contribution in [2.45, 2.75) is 173 Å². The second-order valence-corrected chi connectivity index (χ2v) is 29.3. The molecule has 3 atom stereocenters. The number of nitrogens with zero attached hydrogens (tertiary/aromatic N) is 3. The van der Waals surface area contributed by atoms with E-state index in [0.717, 1.165) is 19.3 Å². The van der Waals surface area contributed by atoms with Gasteiger partial charge < -0.3 is 14.7 Å². The van der Waals surface area contributed by atoms with Crippen molar-refractivity contribution in [2.75, 3.05) is 14.7 Å². The maximum atomic E-state index is 2.87. The van der Waals surface area contributed by atoms with Gasteiger partial charge in [0.2, 0.25) is 0 Å². The summed E-state index contributed by atoms with van der Waals surface area (Å²) in [6.45, 7) is 34.2. The van der Waals surface area contributed by atoms with Crippen LogP contribution in [-0.2, 0) is 32.5 Å². The largest absolute Gasteiger partial charge is 0.334 e. The van der Waals surface area contributed by atoms with Gasteiger partial charge >= 0.3 is 0 Å². The van der Waals surface area contributed by atoms with Crippen molar-refractivity contribution < 1.29 is 0 Å². The topological polar surface area (TPSA) is 9.72 Å². The molecule has 8 aromatic rings. The average Bonchev–Trinajstić information content (AvgIpc) is 3.15. The Hall–Kier alpha value is -6.78. The van der Waals surface area contributed by atoms with Crippen molar-refractivity contribution in [3.63, 3.8) is 0 Å². The van der Waals surface area contributed by atoms with Crippen molar-refractivity contribution in [1.29, 1.82) is 0 Å². The van der Waals surface area contributed by atoms with Gasteiger partial charge in [-0.2, -0.15) is 0 Å². The second kappa shape index (κ2) is 16.7. The fraction of sp³-hybridized carbons (Fsp3) is 0.360. The zero-order chi connectivity index (χ0) is 55.1. The third kappa shape index (κ3) is 7.17. The highest BCUT2D eigenvalue weighted by molar-refractivity contribution is 7.00. The first-order valence-electron chi connectivity index (χ1n) is 29.9. The Bertz CT molecular complexity index is 3850. The van der Waals surface area contributed by atoms with E-state index >= 15 is 0 Å². The molecule has 79 heavy (non-hydrogen) atoms. The Balaban J connectivity index is 1.17. The third-order valence-electron chi connectivity index (χ3n) is 21.0. The molecule has 4 aliphatic heterocycles. The van der Waals surface area contributed by atoms with Crippen LogP contribution >= 0.6 is 0 Å². The fourth-order valence-corrected chi connectivity index (χ4v) is 15.9. The molecule has 1 saturated carbocycles. The van der Waals surface area contributed by atoms with E-state index in [-0.39, 0.29) is 44.7 Å². The predicted octanol–water partition coefficient (Wildman–Crippen LogP) is 18.4. The van der Waals surface area contributed by atoms with E-state index in [1.807, 2.05) is 0 Å². The van der Waals surface area contributed by atoms with E-state index < -0.39 is 0 Å². The van der Waals surface area contributed by atoms with Crippen molar-refractivity contribution in [3.8, 4) is 22.3 Å². The molecule has 4 heteroatoms. The van der Waals surface area contributed by atoms with Gasteiger partial charge in [-0.25, -0.2) is 0 Å². The number of rotatable bonds is 4. The molecule has 8 aromatic carbocycles. The van der Waals surface area contributed by atoms with E-state index in [0.29, 0.717) is 0 Å². The van der Waals surface area contributed by atoms with Gasteiger partial charge in [-0.05, 0) is 187 Å². The van der Waals surface area contributed by atoms with E-state index in [2.05, 4.69) is 269 Å². The Kier molecular flexibility index (Phi) is 10.6. The standard InChI is InChI=1S/C75H80BN3/c1-69(2,3)49-28-32-61(54(39-49)47-23-17-15-18-24-47)77-63-34-30-53-44-59(63)76-60-45-58-57(72(10,11)37-38-73(58,12)51-27-31-56-64(41-51)79(53)75(14)36-22-21-35-74(56,75)13)46-65(60)78(67-43-52(71(7,8)9)42-66(77)68(67)76)62-33-29-50(70(4,5)6)40-55(62)48-25-19-16-20-26-48/h15-20,23-34,39-46H,21-22,35-38H2,1-14H3. The SMILES string of the molecule is CC(C)(C)c1ccc(N2c3ccc4cc3B3c5cc6c(cc5N(c5ccc(C(C)(C)C)cc5-c5ccccc5)c5cc(C(C)(C)C)cc2c53)C(C)(C)CCC6(C)c2ccc3c(c2)N4C2(C)CCCCC32C)c(-c2ccccc2)c1. The van der Waals surface area contributed by atoms with Crippen LogP contribution in [0.4, 0.5) is 45.5 Å². The average molecular weight is 1030 g/mol. The van der Waals surface area contributed by atoms with Gasteiger partial charge in [0.1, 0.15) is 0 Å². The van der Waals surface area contributed by atoms with Crippen LogP contribution in [0.15, 0.2) is 158 Å². The monoisotopic (exact) mass is 1030 g/mol. The Morgan fingerprint density at radius 2 is 0.949 bits per heavy atom. The Labute approximate surface area is 473 Å². The zero-order valence-electron chi connectivity index (χ0n) is 49.7. The maximum Gasteiger partial charge on any atom is 0.252 e. The summed E-state index contributed by atoms with van der Waals surface area (Å²) in [5.74, 6) is 0. The molecule has 14 rings (SSSR count). The van der Waals surface area contributed by atoms with Crippen LogP contribution in [0, 0.1) is 0 Å². The van der Waals surface area contributed by atoms with Gasteiger partial charge in [-0.15, -0.1) is 0 Å². The Morgan fingerprint density at radius 1 is 0.405 bits per heavy atom. The molecule has 3 unspecified atom stereocenters. The quantitative estimate of drug-likeness (QED) is 0.163. The van der Waals surface area contributed by atoms with E-state index in [9.17, 15) is 0 Å². The summed E-state index contributed by atoms with van der Waals surface area (Å²) in [4.78, 5) is 8.33. The van der Waals surface area contributed by atoms with Gasteiger partial charge in [0, 0.05) is 56.1 Å². The van der Waals surface area contributed by atoms with Crippen molar-refractivity contribution in [1.82, 2.24) is 0 Å². The molecule has 2 aliphatic carbocycles. The van der Waals surface area contributed by atoms with E-state index in [4.69, 9.17) is 0 Å². The summed E-state index contributed by atoms with van der Waals surface area (Å²) >= 11 is 0. The molecular formula is C75H80BN3. The van der Waals surface area contributed by atoms with Crippen molar-refractivity contribution in [3.05, 3.63) is 197 Å². The van der Waals surface area contributed by atoms with Gasteiger partial charge in [-0.1, -0.05) is 194 Å². The molecule has 0 saturated heterocycles.